The lowest BCUT2D eigenvalue weighted by molar-refractivity contribution is 0.100. The van der Waals surface area contributed by atoms with E-state index in [4.69, 9.17) is 5.73 Å². The lowest BCUT2D eigenvalue weighted by Gasteiger charge is -2.18. The maximum absolute atomic E-state index is 11.1. The summed E-state index contributed by atoms with van der Waals surface area (Å²) in [4.78, 5) is 15.7. The fourth-order valence-electron chi connectivity index (χ4n) is 2.15. The van der Waals surface area contributed by atoms with Gasteiger partial charge in [0, 0.05) is 18.2 Å². The Hall–Kier alpha value is -2.04. The third-order valence-corrected chi connectivity index (χ3v) is 3.56. The Bertz CT molecular complexity index is 508. The summed E-state index contributed by atoms with van der Waals surface area (Å²) in [5, 5.41) is 6.70. The molecule has 128 valence electrons. The Balaban J connectivity index is 2.61. The highest BCUT2D eigenvalue weighted by atomic mass is 16.1. The second kappa shape index (κ2) is 9.87. The van der Waals surface area contributed by atoms with E-state index in [0.717, 1.165) is 24.5 Å². The van der Waals surface area contributed by atoms with Crippen molar-refractivity contribution in [2.24, 2.45) is 16.6 Å². The van der Waals surface area contributed by atoms with Gasteiger partial charge in [0.2, 0.25) is 5.91 Å². The molecular formula is C18H30N4O. The van der Waals surface area contributed by atoms with Gasteiger partial charge in [-0.2, -0.15) is 0 Å². The maximum atomic E-state index is 11.1. The van der Waals surface area contributed by atoms with Gasteiger partial charge in [-0.1, -0.05) is 26.0 Å². The van der Waals surface area contributed by atoms with Crippen molar-refractivity contribution in [3.63, 3.8) is 0 Å². The maximum Gasteiger partial charge on any atom is 0.248 e. The van der Waals surface area contributed by atoms with Crippen LogP contribution in [0.3, 0.4) is 0 Å². The summed E-state index contributed by atoms with van der Waals surface area (Å²) >= 11 is 0. The normalized spacial score (nSPS) is 13.0. The average Bonchev–Trinajstić information content (AvgIpc) is 2.51. The van der Waals surface area contributed by atoms with Crippen LogP contribution in [0.1, 0.15) is 56.5 Å². The molecule has 5 heteroatoms. The van der Waals surface area contributed by atoms with Gasteiger partial charge >= 0.3 is 0 Å². The number of nitrogens with two attached hydrogens (primary N) is 1. The molecule has 0 saturated heterocycles. The molecule has 1 atom stereocenters. The fourth-order valence-corrected chi connectivity index (χ4v) is 2.15. The lowest BCUT2D eigenvalue weighted by atomic mass is 10.0. The van der Waals surface area contributed by atoms with Crippen molar-refractivity contribution in [2.45, 2.75) is 53.1 Å². The number of hydrogen-bond acceptors (Lipinski definition) is 2. The van der Waals surface area contributed by atoms with Crippen molar-refractivity contribution in [2.75, 3.05) is 6.54 Å². The summed E-state index contributed by atoms with van der Waals surface area (Å²) in [6.45, 7) is 10.1. The van der Waals surface area contributed by atoms with Gasteiger partial charge in [0.15, 0.2) is 5.96 Å². The molecule has 0 fully saturated rings. The topological polar surface area (TPSA) is 79.5 Å². The molecule has 0 saturated carbocycles. The predicted molar refractivity (Wildman–Crippen MR) is 96.4 cm³/mol. The Morgan fingerprint density at radius 3 is 2.35 bits per heavy atom. The summed E-state index contributed by atoms with van der Waals surface area (Å²) in [6, 6.07) is 7.62. The number of nitrogens with one attached hydrogen (secondary N) is 2. The summed E-state index contributed by atoms with van der Waals surface area (Å²) in [5.74, 6) is 1.12. The van der Waals surface area contributed by atoms with Gasteiger partial charge in [-0.15, -0.1) is 0 Å². The van der Waals surface area contributed by atoms with E-state index < -0.39 is 5.91 Å². The van der Waals surface area contributed by atoms with Crippen LogP contribution in [0.2, 0.25) is 0 Å². The molecule has 1 amide bonds. The highest BCUT2D eigenvalue weighted by Gasteiger charge is 2.06. The minimum atomic E-state index is -0.408. The Morgan fingerprint density at radius 2 is 1.83 bits per heavy atom. The summed E-state index contributed by atoms with van der Waals surface area (Å²) in [6.07, 6.45) is 2.32. The highest BCUT2D eigenvalue weighted by Crippen LogP contribution is 2.07. The van der Waals surface area contributed by atoms with E-state index in [9.17, 15) is 4.79 Å². The number of hydrogen-bond donors (Lipinski definition) is 3. The van der Waals surface area contributed by atoms with E-state index >= 15 is 0 Å². The minimum Gasteiger partial charge on any atom is -0.366 e. The minimum absolute atomic E-state index is 0.382. The number of carbonyl (C=O) groups excluding carboxylic acids is 1. The number of rotatable bonds is 8. The van der Waals surface area contributed by atoms with Crippen molar-refractivity contribution in [1.29, 1.82) is 0 Å². The van der Waals surface area contributed by atoms with E-state index in [1.165, 1.54) is 6.42 Å². The Labute approximate surface area is 139 Å². The molecule has 1 rings (SSSR count). The fraction of sp³-hybridized carbons (Fsp3) is 0.556. The van der Waals surface area contributed by atoms with E-state index in [2.05, 4.69) is 43.3 Å². The van der Waals surface area contributed by atoms with E-state index in [1.807, 2.05) is 12.1 Å². The van der Waals surface area contributed by atoms with Gasteiger partial charge in [0.05, 0.1) is 6.54 Å². The van der Waals surface area contributed by atoms with Gasteiger partial charge < -0.3 is 16.4 Å². The molecular weight excluding hydrogens is 288 g/mol. The third-order valence-electron chi connectivity index (χ3n) is 3.56. The van der Waals surface area contributed by atoms with Crippen molar-refractivity contribution < 1.29 is 4.79 Å². The standard InChI is InChI=1S/C18H30N4O/c1-5-20-18(22-14(4)7-6-13(2)3)21-12-15-8-10-16(11-9-15)17(19)23/h8-11,13-14H,5-7,12H2,1-4H3,(H2,19,23)(H2,20,21,22). The molecule has 0 radical (unpaired) electrons. The number of aliphatic imine (C=N–C) groups is 1. The number of primary amides is 1. The van der Waals surface area contributed by atoms with Crippen LogP contribution < -0.4 is 16.4 Å². The summed E-state index contributed by atoms with van der Waals surface area (Å²) < 4.78 is 0. The quantitative estimate of drug-likeness (QED) is 0.509. The first-order valence-corrected chi connectivity index (χ1v) is 8.36. The van der Waals surface area contributed by atoms with Gasteiger partial charge in [-0.25, -0.2) is 4.99 Å². The SMILES string of the molecule is CCNC(=NCc1ccc(C(N)=O)cc1)NC(C)CCC(C)C. The number of nitrogens with zero attached hydrogens (tertiary/aromatic N) is 1. The van der Waals surface area contributed by atoms with E-state index in [0.29, 0.717) is 24.1 Å². The van der Waals surface area contributed by atoms with Crippen LogP contribution in [0.5, 0.6) is 0 Å². The molecule has 1 unspecified atom stereocenters. The number of benzene rings is 1. The number of guanidine groups is 1. The molecule has 0 spiro atoms. The van der Waals surface area contributed by atoms with Crippen molar-refractivity contribution >= 4 is 11.9 Å². The van der Waals surface area contributed by atoms with Crippen LogP contribution in [-0.2, 0) is 6.54 Å². The van der Waals surface area contributed by atoms with Crippen LogP contribution in [0.25, 0.3) is 0 Å². The molecule has 0 aliphatic rings. The molecule has 1 aromatic rings. The monoisotopic (exact) mass is 318 g/mol. The van der Waals surface area contributed by atoms with Gasteiger partial charge in [-0.3, -0.25) is 4.79 Å². The first kappa shape index (κ1) is 19.0. The summed E-state index contributed by atoms with van der Waals surface area (Å²) in [7, 11) is 0. The Morgan fingerprint density at radius 1 is 1.17 bits per heavy atom. The van der Waals surface area contributed by atoms with Crippen LogP contribution in [0.4, 0.5) is 0 Å². The zero-order valence-electron chi connectivity index (χ0n) is 14.7. The van der Waals surface area contributed by atoms with Crippen LogP contribution in [0, 0.1) is 5.92 Å². The summed E-state index contributed by atoms with van der Waals surface area (Å²) in [5.41, 5.74) is 6.81. The first-order valence-electron chi connectivity index (χ1n) is 8.36. The van der Waals surface area contributed by atoms with Crippen LogP contribution in [0.15, 0.2) is 29.3 Å². The molecule has 0 aliphatic heterocycles. The van der Waals surface area contributed by atoms with Gasteiger partial charge in [0.25, 0.3) is 0 Å². The smallest absolute Gasteiger partial charge is 0.248 e. The molecule has 23 heavy (non-hydrogen) atoms. The second-order valence-corrected chi connectivity index (χ2v) is 6.27. The molecule has 0 aromatic heterocycles. The predicted octanol–water partition coefficient (Wildman–Crippen LogP) is 2.67. The van der Waals surface area contributed by atoms with Crippen molar-refractivity contribution in [1.82, 2.24) is 10.6 Å². The molecule has 0 heterocycles. The molecule has 5 nitrogen and oxygen atoms in total. The highest BCUT2D eigenvalue weighted by molar-refractivity contribution is 5.92. The van der Waals surface area contributed by atoms with Crippen LogP contribution >= 0.6 is 0 Å². The zero-order chi connectivity index (χ0) is 17.2. The zero-order valence-corrected chi connectivity index (χ0v) is 14.7. The lowest BCUT2D eigenvalue weighted by Crippen LogP contribution is -2.42. The number of amides is 1. The molecule has 0 bridgehead atoms. The van der Waals surface area contributed by atoms with Gasteiger partial charge in [0.1, 0.15) is 0 Å². The van der Waals surface area contributed by atoms with Crippen molar-refractivity contribution in [3.8, 4) is 0 Å². The van der Waals surface area contributed by atoms with Crippen LogP contribution in [-0.4, -0.2) is 24.5 Å². The largest absolute Gasteiger partial charge is 0.366 e. The molecule has 0 aliphatic carbocycles. The second-order valence-electron chi connectivity index (χ2n) is 6.27. The molecule has 1 aromatic carbocycles. The van der Waals surface area contributed by atoms with E-state index in [1.54, 1.807) is 12.1 Å². The van der Waals surface area contributed by atoms with Crippen molar-refractivity contribution in [3.05, 3.63) is 35.4 Å². The van der Waals surface area contributed by atoms with Gasteiger partial charge in [-0.05, 0) is 50.3 Å². The Kier molecular flexibility index (Phi) is 8.16. The third kappa shape index (κ3) is 7.68. The first-order chi connectivity index (χ1) is 10.9. The average molecular weight is 318 g/mol. The molecule has 4 N–H and O–H groups in total. The number of carbonyl (C=O) groups is 1. The van der Waals surface area contributed by atoms with E-state index in [-0.39, 0.29) is 0 Å².